The third-order valence-corrected chi connectivity index (χ3v) is 6.99. The predicted octanol–water partition coefficient (Wildman–Crippen LogP) is 2.59. The highest BCUT2D eigenvalue weighted by molar-refractivity contribution is 7.89. The molecule has 1 aliphatic heterocycles. The summed E-state index contributed by atoms with van der Waals surface area (Å²) in [6.45, 7) is 2.93. The third-order valence-electron chi connectivity index (χ3n) is 5.08. The van der Waals surface area contributed by atoms with E-state index in [1.165, 1.54) is 0 Å². The van der Waals surface area contributed by atoms with E-state index >= 15 is 0 Å². The van der Waals surface area contributed by atoms with E-state index in [1.807, 2.05) is 37.5 Å². The molecule has 0 amide bonds. The van der Waals surface area contributed by atoms with Crippen LogP contribution in [0.3, 0.4) is 0 Å². The zero-order valence-corrected chi connectivity index (χ0v) is 17.1. The van der Waals surface area contributed by atoms with Gasteiger partial charge in [-0.2, -0.15) is 4.31 Å². The average Bonchev–Trinajstić information content (AvgIpc) is 3.28. The molecule has 0 bridgehead atoms. The Balaban J connectivity index is 1.37. The maximum atomic E-state index is 12.8. The molecule has 1 N–H and O–H groups in total. The van der Waals surface area contributed by atoms with Crippen LogP contribution in [-0.4, -0.2) is 60.8 Å². The van der Waals surface area contributed by atoms with Crippen LogP contribution in [0.2, 0.25) is 0 Å². The van der Waals surface area contributed by atoms with Crippen LogP contribution in [-0.2, 0) is 16.6 Å². The normalized spacial score (nSPS) is 16.0. The van der Waals surface area contributed by atoms with E-state index in [0.717, 1.165) is 35.7 Å². The molecule has 1 aromatic heterocycles. The van der Waals surface area contributed by atoms with Crippen LogP contribution in [0, 0.1) is 0 Å². The molecule has 0 atom stereocenters. The number of H-pyrrole nitrogens is 1. The van der Waals surface area contributed by atoms with Crippen LogP contribution in [0.4, 0.5) is 0 Å². The van der Waals surface area contributed by atoms with Gasteiger partial charge in [-0.3, -0.25) is 0 Å². The molecule has 1 fully saturated rings. The summed E-state index contributed by atoms with van der Waals surface area (Å²) in [6.07, 6.45) is 3.49. The molecular weight excluding hydrogens is 388 g/mol. The zero-order valence-electron chi connectivity index (χ0n) is 16.3. The van der Waals surface area contributed by atoms with Gasteiger partial charge >= 0.3 is 0 Å². The number of rotatable bonds is 6. The lowest BCUT2D eigenvalue weighted by Gasteiger charge is -2.31. The summed E-state index contributed by atoms with van der Waals surface area (Å²) in [5, 5.41) is 0. The maximum Gasteiger partial charge on any atom is 0.243 e. The second-order valence-electron chi connectivity index (χ2n) is 7.12. The van der Waals surface area contributed by atoms with Gasteiger partial charge in [-0.1, -0.05) is 12.1 Å². The fraction of sp³-hybridized carbons (Fsp3) is 0.286. The van der Waals surface area contributed by atoms with Gasteiger partial charge in [0.15, 0.2) is 0 Å². The number of benzene rings is 2. The molecule has 1 saturated heterocycles. The van der Waals surface area contributed by atoms with Crippen molar-refractivity contribution in [3.63, 3.8) is 0 Å². The first-order valence-corrected chi connectivity index (χ1v) is 11.0. The highest BCUT2D eigenvalue weighted by atomic mass is 32.2. The Kier molecular flexibility index (Phi) is 5.66. The molecule has 0 saturated carbocycles. The van der Waals surface area contributed by atoms with Crippen molar-refractivity contribution in [2.24, 2.45) is 0 Å². The van der Waals surface area contributed by atoms with Crippen LogP contribution in [0.1, 0.15) is 5.56 Å². The maximum absolute atomic E-state index is 12.8. The molecule has 7 nitrogen and oxygen atoms in total. The Bertz CT molecular complexity index is 1020. The lowest BCUT2D eigenvalue weighted by Crippen LogP contribution is -2.46. The molecule has 0 unspecified atom stereocenters. The topological polar surface area (TPSA) is 78.5 Å². The Morgan fingerprint density at radius 3 is 2.31 bits per heavy atom. The monoisotopic (exact) mass is 412 g/mol. The first-order chi connectivity index (χ1) is 14.0. The number of ether oxygens (including phenoxy) is 1. The molecule has 29 heavy (non-hydrogen) atoms. The van der Waals surface area contributed by atoms with Crippen LogP contribution in [0.15, 0.2) is 66.0 Å². The number of likely N-dealkylation sites (N-methyl/N-ethyl adjacent to an activating group) is 1. The van der Waals surface area contributed by atoms with E-state index in [-0.39, 0.29) is 0 Å². The second-order valence-corrected chi connectivity index (χ2v) is 9.06. The highest BCUT2D eigenvalue weighted by Gasteiger charge is 2.27. The summed E-state index contributed by atoms with van der Waals surface area (Å²) >= 11 is 0. The van der Waals surface area contributed by atoms with Gasteiger partial charge in [0.1, 0.15) is 12.4 Å². The Morgan fingerprint density at radius 1 is 1.00 bits per heavy atom. The quantitative estimate of drug-likeness (QED) is 0.673. The van der Waals surface area contributed by atoms with Crippen molar-refractivity contribution in [2.45, 2.75) is 11.5 Å². The summed E-state index contributed by atoms with van der Waals surface area (Å²) in [4.78, 5) is 9.62. The number of sulfonamides is 1. The van der Waals surface area contributed by atoms with Crippen LogP contribution < -0.4 is 4.74 Å². The van der Waals surface area contributed by atoms with E-state index in [0.29, 0.717) is 24.6 Å². The SMILES string of the molecule is CN1CCN(S(=O)(=O)c2ccc(COc3ccc(-c4c[nH]cn4)cc3)cc2)CC1. The lowest BCUT2D eigenvalue weighted by molar-refractivity contribution is 0.222. The molecule has 0 aliphatic carbocycles. The van der Waals surface area contributed by atoms with Gasteiger partial charge < -0.3 is 14.6 Å². The minimum atomic E-state index is -3.44. The van der Waals surface area contributed by atoms with Crippen molar-refractivity contribution < 1.29 is 13.2 Å². The second kappa shape index (κ2) is 8.36. The van der Waals surface area contributed by atoms with Gasteiger partial charge in [0.25, 0.3) is 0 Å². The van der Waals surface area contributed by atoms with Crippen LogP contribution in [0.25, 0.3) is 11.3 Å². The molecule has 8 heteroatoms. The first-order valence-electron chi connectivity index (χ1n) is 9.52. The Morgan fingerprint density at radius 2 is 1.69 bits per heavy atom. The highest BCUT2D eigenvalue weighted by Crippen LogP contribution is 2.22. The largest absolute Gasteiger partial charge is 0.489 e. The first kappa shape index (κ1) is 19.6. The summed E-state index contributed by atoms with van der Waals surface area (Å²) in [6, 6.07) is 14.6. The number of piperazine rings is 1. The number of aromatic amines is 1. The van der Waals surface area contributed by atoms with Crippen molar-refractivity contribution in [2.75, 3.05) is 33.2 Å². The lowest BCUT2D eigenvalue weighted by atomic mass is 10.1. The van der Waals surface area contributed by atoms with Crippen molar-refractivity contribution in [1.29, 1.82) is 0 Å². The minimum absolute atomic E-state index is 0.328. The van der Waals surface area contributed by atoms with Crippen molar-refractivity contribution in [3.05, 3.63) is 66.6 Å². The average molecular weight is 413 g/mol. The molecule has 2 aromatic carbocycles. The van der Waals surface area contributed by atoms with Gasteiger partial charge in [0.05, 0.1) is 16.9 Å². The van der Waals surface area contributed by atoms with E-state index in [2.05, 4.69) is 14.9 Å². The molecular formula is C21H24N4O3S. The van der Waals surface area contributed by atoms with Gasteiger partial charge in [-0.25, -0.2) is 13.4 Å². The molecule has 2 heterocycles. The number of nitrogens with one attached hydrogen (secondary N) is 1. The smallest absolute Gasteiger partial charge is 0.243 e. The van der Waals surface area contributed by atoms with Crippen LogP contribution >= 0.6 is 0 Å². The summed E-state index contributed by atoms with van der Waals surface area (Å²) in [5.41, 5.74) is 2.81. The standard InChI is InChI=1S/C21H24N4O3S/c1-24-10-12-25(13-11-24)29(26,27)20-8-2-17(3-9-20)15-28-19-6-4-18(5-7-19)21-14-22-16-23-21/h2-9,14,16H,10-13,15H2,1H3,(H,22,23). The Hall–Kier alpha value is -2.68. The van der Waals surface area contributed by atoms with E-state index in [9.17, 15) is 8.42 Å². The van der Waals surface area contributed by atoms with Gasteiger partial charge in [0, 0.05) is 37.9 Å². The third kappa shape index (κ3) is 4.50. The minimum Gasteiger partial charge on any atom is -0.489 e. The summed E-state index contributed by atoms with van der Waals surface area (Å²) in [7, 11) is -1.43. The molecule has 152 valence electrons. The fourth-order valence-corrected chi connectivity index (χ4v) is 4.66. The predicted molar refractivity (Wildman–Crippen MR) is 111 cm³/mol. The van der Waals surface area contributed by atoms with E-state index < -0.39 is 10.0 Å². The fourth-order valence-electron chi connectivity index (χ4n) is 3.24. The molecule has 0 radical (unpaired) electrons. The van der Waals surface area contributed by atoms with Gasteiger partial charge in [-0.05, 0) is 49.0 Å². The van der Waals surface area contributed by atoms with Crippen molar-refractivity contribution in [3.8, 4) is 17.0 Å². The number of imidazole rings is 1. The number of hydrogen-bond acceptors (Lipinski definition) is 5. The molecule has 4 rings (SSSR count). The number of nitrogens with zero attached hydrogens (tertiary/aromatic N) is 3. The Labute approximate surface area is 171 Å². The van der Waals surface area contributed by atoms with Crippen molar-refractivity contribution in [1.82, 2.24) is 19.2 Å². The van der Waals surface area contributed by atoms with Gasteiger partial charge in [-0.15, -0.1) is 0 Å². The zero-order chi connectivity index (χ0) is 20.3. The molecule has 0 spiro atoms. The molecule has 1 aliphatic rings. The van der Waals surface area contributed by atoms with Crippen molar-refractivity contribution >= 4 is 10.0 Å². The summed E-state index contributed by atoms with van der Waals surface area (Å²) in [5.74, 6) is 0.749. The van der Waals surface area contributed by atoms with Gasteiger partial charge in [0.2, 0.25) is 10.0 Å². The molecule has 3 aromatic rings. The number of hydrogen-bond donors (Lipinski definition) is 1. The van der Waals surface area contributed by atoms with E-state index in [1.54, 1.807) is 34.9 Å². The van der Waals surface area contributed by atoms with Crippen LogP contribution in [0.5, 0.6) is 5.75 Å². The summed E-state index contributed by atoms with van der Waals surface area (Å²) < 4.78 is 32.9. The van der Waals surface area contributed by atoms with E-state index in [4.69, 9.17) is 4.74 Å². The number of aromatic nitrogens is 2.